The average Bonchev–Trinajstić information content (AvgIpc) is 3.08. The molecule has 3 heterocycles. The third-order valence-corrected chi connectivity index (χ3v) is 5.49. The van der Waals surface area contributed by atoms with E-state index in [4.69, 9.17) is 30.5 Å². The van der Waals surface area contributed by atoms with Crippen LogP contribution in [-0.4, -0.2) is 22.3 Å². The Balaban J connectivity index is 1.32. The molecule has 1 fully saturated rings. The first-order chi connectivity index (χ1) is 12.6. The van der Waals surface area contributed by atoms with E-state index >= 15 is 0 Å². The molecule has 7 nitrogen and oxygen atoms in total. The fourth-order valence-electron chi connectivity index (χ4n) is 2.85. The first kappa shape index (κ1) is 17.8. The van der Waals surface area contributed by atoms with E-state index in [2.05, 4.69) is 4.98 Å². The minimum absolute atomic E-state index is 0.127. The molecule has 2 aliphatic rings. The van der Waals surface area contributed by atoms with Gasteiger partial charge in [0.2, 0.25) is 0 Å². The zero-order valence-electron chi connectivity index (χ0n) is 13.6. The molecular formula is C16H16FN2O5PS. The minimum Gasteiger partial charge on any atom is -0.426 e. The Kier molecular flexibility index (Phi) is 5.15. The maximum Gasteiger partial charge on any atom is 0.397 e. The lowest BCUT2D eigenvalue weighted by Crippen LogP contribution is -2.19. The average molecular weight is 398 g/mol. The molecule has 10 heteroatoms. The predicted molar refractivity (Wildman–Crippen MR) is 93.7 cm³/mol. The number of nitrogens with one attached hydrogen (secondary N) is 1. The number of halogens is 1. The molecule has 1 saturated heterocycles. The van der Waals surface area contributed by atoms with Crippen LogP contribution < -0.4 is 10.1 Å². The van der Waals surface area contributed by atoms with Crippen molar-refractivity contribution in [1.82, 2.24) is 9.55 Å². The summed E-state index contributed by atoms with van der Waals surface area (Å²) in [5.74, 6) is 0.253. The van der Waals surface area contributed by atoms with Crippen LogP contribution in [0.5, 0.6) is 5.75 Å². The van der Waals surface area contributed by atoms with Gasteiger partial charge in [0.25, 0.3) is 5.56 Å². The molecule has 0 aliphatic carbocycles. The number of rotatable bonds is 4. The van der Waals surface area contributed by atoms with Crippen molar-refractivity contribution in [3.05, 3.63) is 57.0 Å². The molecule has 0 bridgehead atoms. The van der Waals surface area contributed by atoms with E-state index in [0.29, 0.717) is 22.7 Å². The second-order valence-corrected chi connectivity index (χ2v) is 7.48. The monoisotopic (exact) mass is 398 g/mol. The third-order valence-electron chi connectivity index (χ3n) is 4.13. The van der Waals surface area contributed by atoms with Crippen LogP contribution in [0.15, 0.2) is 35.3 Å². The number of hydrogen-bond donors (Lipinski definition) is 1. The van der Waals surface area contributed by atoms with Crippen LogP contribution in [0.2, 0.25) is 0 Å². The molecular weight excluding hydrogens is 382 g/mol. The molecule has 1 N–H and O–H groups in total. The van der Waals surface area contributed by atoms with Gasteiger partial charge in [-0.25, -0.2) is 4.39 Å². The Morgan fingerprint density at radius 2 is 2.27 bits per heavy atom. The molecule has 0 spiro atoms. The number of benzene rings is 1. The van der Waals surface area contributed by atoms with Gasteiger partial charge in [-0.3, -0.25) is 23.4 Å². The molecule has 2 aliphatic heterocycles. The highest BCUT2D eigenvalue weighted by molar-refractivity contribution is 7.71. The lowest BCUT2D eigenvalue weighted by molar-refractivity contribution is -0.0220. The zero-order chi connectivity index (χ0) is 18.1. The van der Waals surface area contributed by atoms with Crippen molar-refractivity contribution < 1.29 is 22.7 Å². The smallest absolute Gasteiger partial charge is 0.397 e. The number of fused-ring (bicyclic) bond motifs is 1. The summed E-state index contributed by atoms with van der Waals surface area (Å²) in [6.07, 6.45) is 2.81. The number of nitrogens with zero attached hydrogens (tertiary/aromatic N) is 1. The lowest BCUT2D eigenvalue weighted by atomic mass is 10.2. The van der Waals surface area contributed by atoms with Gasteiger partial charge in [-0.05, 0) is 43.3 Å². The molecule has 1 aromatic heterocycles. The fourth-order valence-corrected chi connectivity index (χ4v) is 4.18. The molecule has 4 rings (SSSR count). The summed E-state index contributed by atoms with van der Waals surface area (Å²) < 4.78 is 38.0. The number of aromatic amines is 1. The molecule has 0 saturated carbocycles. The van der Waals surface area contributed by atoms with Crippen molar-refractivity contribution in [1.29, 1.82) is 0 Å². The fraction of sp³-hybridized carbons (Fsp3) is 0.375. The summed E-state index contributed by atoms with van der Waals surface area (Å²) in [4.78, 5) is 13.8. The van der Waals surface area contributed by atoms with Crippen LogP contribution in [0.1, 0.15) is 24.6 Å². The predicted octanol–water partition coefficient (Wildman–Crippen LogP) is 3.58. The number of ether oxygens (including phenoxy) is 1. The quantitative estimate of drug-likeness (QED) is 0.627. The summed E-state index contributed by atoms with van der Waals surface area (Å²) in [6.45, 7) is 0.564. The van der Waals surface area contributed by atoms with Gasteiger partial charge in [0.05, 0.1) is 19.3 Å². The van der Waals surface area contributed by atoms with Crippen molar-refractivity contribution in [2.45, 2.75) is 31.8 Å². The standard InChI is InChI=1S/C16H16FN2O5PS/c17-11-1-3-13-10(7-11)8-21-25(24-13)22-9-12-2-4-15(23-12)19-6-5-14(20)18-16(19)26/h1,3,5-7,12,15H,2,4,8-9H2,(H,18,20,26). The Morgan fingerprint density at radius 3 is 3.12 bits per heavy atom. The molecule has 0 radical (unpaired) electrons. The van der Waals surface area contributed by atoms with Crippen molar-refractivity contribution >= 4 is 20.8 Å². The summed E-state index contributed by atoms with van der Waals surface area (Å²) in [6, 6.07) is 5.72. The number of H-pyrrole nitrogens is 1. The molecule has 26 heavy (non-hydrogen) atoms. The molecule has 2 aromatic rings. The van der Waals surface area contributed by atoms with Crippen molar-refractivity contribution in [2.24, 2.45) is 0 Å². The van der Waals surface area contributed by atoms with Gasteiger partial charge < -0.3 is 9.26 Å². The van der Waals surface area contributed by atoms with Crippen LogP contribution in [-0.2, 0) is 20.4 Å². The van der Waals surface area contributed by atoms with Crippen LogP contribution in [0, 0.1) is 10.6 Å². The van der Waals surface area contributed by atoms with Gasteiger partial charge in [-0.1, -0.05) is 0 Å². The third kappa shape index (κ3) is 3.87. The maximum atomic E-state index is 13.2. The van der Waals surface area contributed by atoms with Crippen molar-refractivity contribution in [3.63, 3.8) is 0 Å². The van der Waals surface area contributed by atoms with E-state index in [-0.39, 0.29) is 30.3 Å². The first-order valence-electron chi connectivity index (χ1n) is 8.08. The molecule has 138 valence electrons. The summed E-state index contributed by atoms with van der Waals surface area (Å²) in [5, 5.41) is 0. The summed E-state index contributed by atoms with van der Waals surface area (Å²) in [7, 11) is -1.54. The van der Waals surface area contributed by atoms with Crippen molar-refractivity contribution in [3.8, 4) is 5.75 Å². The van der Waals surface area contributed by atoms with Gasteiger partial charge in [0.15, 0.2) is 4.77 Å². The van der Waals surface area contributed by atoms with Crippen LogP contribution >= 0.6 is 20.8 Å². The van der Waals surface area contributed by atoms with Gasteiger partial charge in [0, 0.05) is 17.8 Å². The van der Waals surface area contributed by atoms with Crippen molar-refractivity contribution in [2.75, 3.05) is 6.61 Å². The highest BCUT2D eigenvalue weighted by atomic mass is 32.1. The lowest BCUT2D eigenvalue weighted by Gasteiger charge is -2.24. The van der Waals surface area contributed by atoms with E-state index in [9.17, 15) is 9.18 Å². The first-order valence-corrected chi connectivity index (χ1v) is 9.58. The second-order valence-electron chi connectivity index (χ2n) is 5.94. The normalized spacial score (nSPS) is 24.9. The Hall–Kier alpha value is -1.64. The molecule has 3 unspecified atom stereocenters. The molecule has 3 atom stereocenters. The van der Waals surface area contributed by atoms with Crippen LogP contribution in [0.25, 0.3) is 0 Å². The maximum absolute atomic E-state index is 13.2. The van der Waals surface area contributed by atoms with E-state index < -0.39 is 8.60 Å². The minimum atomic E-state index is -1.54. The van der Waals surface area contributed by atoms with Gasteiger partial charge in [-0.2, -0.15) is 0 Å². The summed E-state index contributed by atoms with van der Waals surface area (Å²) in [5.41, 5.74) is 0.427. The largest absolute Gasteiger partial charge is 0.426 e. The van der Waals surface area contributed by atoms with E-state index in [1.807, 2.05) is 0 Å². The van der Waals surface area contributed by atoms with Gasteiger partial charge >= 0.3 is 8.60 Å². The number of hydrogen-bond acceptors (Lipinski definition) is 6. The van der Waals surface area contributed by atoms with Crippen LogP contribution in [0.4, 0.5) is 4.39 Å². The van der Waals surface area contributed by atoms with E-state index in [1.54, 1.807) is 16.8 Å². The zero-order valence-corrected chi connectivity index (χ0v) is 15.3. The Bertz CT molecular complexity index is 920. The van der Waals surface area contributed by atoms with Gasteiger partial charge in [0.1, 0.15) is 17.8 Å². The second kappa shape index (κ2) is 7.54. The highest BCUT2D eigenvalue weighted by Gasteiger charge is 2.30. The number of aromatic nitrogens is 2. The van der Waals surface area contributed by atoms with Gasteiger partial charge in [-0.15, -0.1) is 0 Å². The molecule has 1 aromatic carbocycles. The molecule has 0 amide bonds. The Morgan fingerprint density at radius 1 is 1.38 bits per heavy atom. The van der Waals surface area contributed by atoms with E-state index in [1.165, 1.54) is 18.2 Å². The SMILES string of the molecule is O=c1ccn(C2CCC(COP3OCc4cc(F)ccc4O3)O2)c(=S)[nH]1. The highest BCUT2D eigenvalue weighted by Crippen LogP contribution is 2.47. The Labute approximate surface area is 154 Å². The van der Waals surface area contributed by atoms with E-state index in [0.717, 1.165) is 12.8 Å². The van der Waals surface area contributed by atoms with Crippen LogP contribution in [0.3, 0.4) is 0 Å². The topological polar surface area (TPSA) is 74.7 Å². The summed E-state index contributed by atoms with van der Waals surface area (Å²) >= 11 is 5.16.